The number of hydrogen-bond acceptors (Lipinski definition) is 2. The average Bonchev–Trinajstić information content (AvgIpc) is 2.18. The molecule has 0 aliphatic carbocycles. The summed E-state index contributed by atoms with van der Waals surface area (Å²) in [5.74, 6) is 0. The number of rotatable bonds is 3. The van der Waals surface area contributed by atoms with Gasteiger partial charge in [0.15, 0.2) is 5.72 Å². The molecule has 0 saturated carbocycles. The lowest BCUT2D eigenvalue weighted by Crippen LogP contribution is -2.20. The van der Waals surface area contributed by atoms with Crippen molar-refractivity contribution < 1.29 is 5.11 Å². The van der Waals surface area contributed by atoms with Crippen LogP contribution in [0.25, 0.3) is 0 Å². The van der Waals surface area contributed by atoms with E-state index in [4.69, 9.17) is 0 Å². The lowest BCUT2D eigenvalue weighted by atomic mass is 10.0. The highest BCUT2D eigenvalue weighted by atomic mass is 16.3. The Kier molecular flexibility index (Phi) is 2.61. The fourth-order valence-electron chi connectivity index (χ4n) is 1.11. The lowest BCUT2D eigenvalue weighted by Gasteiger charge is -2.21. The molecule has 1 rings (SSSR count). The van der Waals surface area contributed by atoms with Crippen molar-refractivity contribution in [1.82, 2.24) is 0 Å². The van der Waals surface area contributed by atoms with Crippen molar-refractivity contribution in [3.8, 4) is 0 Å². The molecular formula is C10H13NO. The lowest BCUT2D eigenvalue weighted by molar-refractivity contribution is 0.0434. The summed E-state index contributed by atoms with van der Waals surface area (Å²) in [4.78, 5) is 3.71. The standard InChI is InChI=1S/C10H13NO/c1-3-10(12,11-2)9-7-5-4-6-8-9/h4-8,12H,2-3H2,1H3. The van der Waals surface area contributed by atoms with Gasteiger partial charge in [-0.2, -0.15) is 0 Å². The number of benzene rings is 1. The maximum atomic E-state index is 9.87. The van der Waals surface area contributed by atoms with Crippen LogP contribution in [0.15, 0.2) is 35.3 Å². The van der Waals surface area contributed by atoms with Gasteiger partial charge < -0.3 is 5.11 Å². The Bertz CT molecular complexity index is 258. The maximum absolute atomic E-state index is 9.87. The minimum absolute atomic E-state index is 0.542. The monoisotopic (exact) mass is 163 g/mol. The third-order valence-corrected chi connectivity index (χ3v) is 1.99. The Morgan fingerprint density at radius 3 is 2.42 bits per heavy atom. The van der Waals surface area contributed by atoms with Gasteiger partial charge in [-0.15, -0.1) is 0 Å². The quantitative estimate of drug-likeness (QED) is 0.678. The molecule has 2 nitrogen and oxygen atoms in total. The van der Waals surface area contributed by atoms with Crippen molar-refractivity contribution in [3.05, 3.63) is 35.9 Å². The zero-order valence-electron chi connectivity index (χ0n) is 7.20. The molecule has 0 fully saturated rings. The van der Waals surface area contributed by atoms with E-state index in [1.54, 1.807) is 0 Å². The van der Waals surface area contributed by atoms with E-state index in [1.165, 1.54) is 0 Å². The van der Waals surface area contributed by atoms with Gasteiger partial charge in [-0.25, -0.2) is 0 Å². The summed E-state index contributed by atoms with van der Waals surface area (Å²) >= 11 is 0. The summed E-state index contributed by atoms with van der Waals surface area (Å²) in [5, 5.41) is 9.87. The second-order valence-electron chi connectivity index (χ2n) is 2.69. The van der Waals surface area contributed by atoms with Crippen molar-refractivity contribution >= 4 is 6.72 Å². The fraction of sp³-hybridized carbons (Fsp3) is 0.300. The Hall–Kier alpha value is -1.15. The van der Waals surface area contributed by atoms with Gasteiger partial charge in [0.2, 0.25) is 0 Å². The van der Waals surface area contributed by atoms with Gasteiger partial charge in [0, 0.05) is 5.56 Å². The first-order valence-corrected chi connectivity index (χ1v) is 3.98. The van der Waals surface area contributed by atoms with E-state index < -0.39 is 5.72 Å². The van der Waals surface area contributed by atoms with Crippen LogP contribution in [-0.4, -0.2) is 11.8 Å². The molecule has 0 radical (unpaired) electrons. The van der Waals surface area contributed by atoms with Crippen molar-refractivity contribution in [2.24, 2.45) is 4.99 Å². The summed E-state index contributed by atoms with van der Waals surface area (Å²) in [6.07, 6.45) is 0.542. The first-order valence-electron chi connectivity index (χ1n) is 3.98. The first kappa shape index (κ1) is 8.94. The van der Waals surface area contributed by atoms with Gasteiger partial charge in [0.05, 0.1) is 0 Å². The van der Waals surface area contributed by atoms with E-state index in [0.29, 0.717) is 6.42 Å². The molecule has 0 amide bonds. The van der Waals surface area contributed by atoms with Gasteiger partial charge >= 0.3 is 0 Å². The highest BCUT2D eigenvalue weighted by Crippen LogP contribution is 2.24. The number of hydrogen-bond donors (Lipinski definition) is 1. The van der Waals surface area contributed by atoms with Crippen LogP contribution in [0.4, 0.5) is 0 Å². The minimum atomic E-state index is -1.11. The summed E-state index contributed by atoms with van der Waals surface area (Å²) in [7, 11) is 0. The molecule has 1 N–H and O–H groups in total. The normalized spacial score (nSPS) is 15.2. The SMILES string of the molecule is C=NC(O)(CC)c1ccccc1. The molecule has 1 atom stereocenters. The molecule has 64 valence electrons. The average molecular weight is 163 g/mol. The molecule has 12 heavy (non-hydrogen) atoms. The first-order chi connectivity index (χ1) is 5.73. The van der Waals surface area contributed by atoms with Gasteiger partial charge in [0.25, 0.3) is 0 Å². The van der Waals surface area contributed by atoms with Gasteiger partial charge in [-0.1, -0.05) is 37.3 Å². The molecule has 1 unspecified atom stereocenters. The zero-order chi connectivity index (χ0) is 9.03. The highest BCUT2D eigenvalue weighted by Gasteiger charge is 2.23. The molecule has 1 aromatic rings. The van der Waals surface area contributed by atoms with Crippen LogP contribution in [0.3, 0.4) is 0 Å². The molecule has 0 spiro atoms. The molecule has 0 aliphatic rings. The van der Waals surface area contributed by atoms with Crippen LogP contribution in [0, 0.1) is 0 Å². The van der Waals surface area contributed by atoms with Gasteiger partial charge in [-0.3, -0.25) is 4.99 Å². The molecule has 0 saturated heterocycles. The minimum Gasteiger partial charge on any atom is -0.365 e. The number of aliphatic imine (C=N–C) groups is 1. The predicted octanol–water partition coefficient (Wildman–Crippen LogP) is 1.94. The third-order valence-electron chi connectivity index (χ3n) is 1.99. The molecule has 0 bridgehead atoms. The number of nitrogens with zero attached hydrogens (tertiary/aromatic N) is 1. The van der Waals surface area contributed by atoms with E-state index in [1.807, 2.05) is 37.3 Å². The Labute approximate surface area is 72.6 Å². The second kappa shape index (κ2) is 3.50. The molecule has 0 aliphatic heterocycles. The van der Waals surface area contributed by atoms with Gasteiger partial charge in [0.1, 0.15) is 0 Å². The Morgan fingerprint density at radius 2 is 2.00 bits per heavy atom. The van der Waals surface area contributed by atoms with Crippen molar-refractivity contribution in [1.29, 1.82) is 0 Å². The number of aliphatic hydroxyl groups is 1. The Morgan fingerprint density at radius 1 is 1.42 bits per heavy atom. The van der Waals surface area contributed by atoms with Crippen LogP contribution >= 0.6 is 0 Å². The summed E-state index contributed by atoms with van der Waals surface area (Å²) in [6, 6.07) is 9.35. The molecule has 1 aromatic carbocycles. The predicted molar refractivity (Wildman–Crippen MR) is 50.2 cm³/mol. The van der Waals surface area contributed by atoms with Crippen LogP contribution in [0.1, 0.15) is 18.9 Å². The summed E-state index contributed by atoms with van der Waals surface area (Å²) < 4.78 is 0. The van der Waals surface area contributed by atoms with E-state index in [0.717, 1.165) is 5.56 Å². The van der Waals surface area contributed by atoms with E-state index in [2.05, 4.69) is 11.7 Å². The van der Waals surface area contributed by atoms with E-state index in [9.17, 15) is 5.11 Å². The van der Waals surface area contributed by atoms with Crippen LogP contribution < -0.4 is 0 Å². The molecule has 2 heteroatoms. The van der Waals surface area contributed by atoms with E-state index in [-0.39, 0.29) is 0 Å². The maximum Gasteiger partial charge on any atom is 0.181 e. The summed E-state index contributed by atoms with van der Waals surface area (Å²) in [6.45, 7) is 5.26. The topological polar surface area (TPSA) is 32.6 Å². The van der Waals surface area contributed by atoms with Crippen LogP contribution in [0.5, 0.6) is 0 Å². The van der Waals surface area contributed by atoms with Crippen molar-refractivity contribution in [2.45, 2.75) is 19.1 Å². The molecule has 0 aromatic heterocycles. The van der Waals surface area contributed by atoms with E-state index >= 15 is 0 Å². The Balaban J connectivity index is 3.03. The van der Waals surface area contributed by atoms with Crippen molar-refractivity contribution in [2.75, 3.05) is 0 Å². The third kappa shape index (κ3) is 1.53. The van der Waals surface area contributed by atoms with Crippen LogP contribution in [0.2, 0.25) is 0 Å². The van der Waals surface area contributed by atoms with Crippen LogP contribution in [-0.2, 0) is 5.72 Å². The largest absolute Gasteiger partial charge is 0.365 e. The smallest absolute Gasteiger partial charge is 0.181 e. The molecule has 0 heterocycles. The highest BCUT2D eigenvalue weighted by molar-refractivity contribution is 5.30. The summed E-state index contributed by atoms with van der Waals surface area (Å²) in [5.41, 5.74) is -0.316. The molecular weight excluding hydrogens is 150 g/mol. The zero-order valence-corrected chi connectivity index (χ0v) is 7.20. The fourth-order valence-corrected chi connectivity index (χ4v) is 1.11. The second-order valence-corrected chi connectivity index (χ2v) is 2.69. The van der Waals surface area contributed by atoms with Crippen molar-refractivity contribution in [3.63, 3.8) is 0 Å². The van der Waals surface area contributed by atoms with Gasteiger partial charge in [-0.05, 0) is 13.1 Å².